The Kier molecular flexibility index (Phi) is 61.6. The minimum Gasteiger partial charge on any atom is -0.462 e. The lowest BCUT2D eigenvalue weighted by molar-refractivity contribution is -0.166. The third-order valence-electron chi connectivity index (χ3n) is 12.3. The van der Waals surface area contributed by atoms with Crippen LogP contribution < -0.4 is 0 Å². The molecule has 0 aliphatic rings. The molecule has 0 aromatic carbocycles. The summed E-state index contributed by atoms with van der Waals surface area (Å²) in [5.41, 5.74) is 0. The van der Waals surface area contributed by atoms with Crippen LogP contribution in [0, 0.1) is 0 Å². The number of carbonyl (C=O) groups is 3. The molecule has 0 bridgehead atoms. The number of carbonyl (C=O) groups excluding carboxylic acids is 3. The van der Waals surface area contributed by atoms with E-state index in [1.165, 1.54) is 38.5 Å². The number of esters is 3. The van der Waals surface area contributed by atoms with Crippen LogP contribution in [-0.2, 0) is 28.6 Å². The van der Waals surface area contributed by atoms with Gasteiger partial charge in [0.1, 0.15) is 13.2 Å². The molecule has 0 fully saturated rings. The highest BCUT2D eigenvalue weighted by atomic mass is 16.6. The van der Waals surface area contributed by atoms with Gasteiger partial charge < -0.3 is 14.2 Å². The number of hydrogen-bond acceptors (Lipinski definition) is 6. The Morgan fingerprint density at radius 2 is 0.469 bits per heavy atom. The van der Waals surface area contributed by atoms with Crippen molar-refractivity contribution in [2.75, 3.05) is 13.2 Å². The van der Waals surface area contributed by atoms with Gasteiger partial charge >= 0.3 is 17.9 Å². The predicted molar refractivity (Wildman–Crippen MR) is 352 cm³/mol. The highest BCUT2D eigenvalue weighted by Gasteiger charge is 2.19. The topological polar surface area (TPSA) is 78.9 Å². The fraction of sp³-hybridized carbons (Fsp3) is 0.507. The minimum absolute atomic E-state index is 0.145. The second-order valence-corrected chi connectivity index (χ2v) is 19.8. The van der Waals surface area contributed by atoms with Crippen molar-refractivity contribution in [1.29, 1.82) is 0 Å². The van der Waals surface area contributed by atoms with Crippen molar-refractivity contribution in [3.05, 3.63) is 207 Å². The van der Waals surface area contributed by atoms with Gasteiger partial charge in [0.05, 0.1) is 0 Å². The number of unbranched alkanes of at least 4 members (excludes halogenated alkanes) is 9. The van der Waals surface area contributed by atoms with Gasteiger partial charge in [-0.2, -0.15) is 0 Å². The molecule has 0 heterocycles. The van der Waals surface area contributed by atoms with E-state index in [1.54, 1.807) is 0 Å². The normalized spacial score (nSPS) is 13.6. The number of ether oxygens (including phenoxy) is 3. The smallest absolute Gasteiger partial charge is 0.306 e. The second-order valence-electron chi connectivity index (χ2n) is 19.8. The largest absolute Gasteiger partial charge is 0.462 e. The third-order valence-corrected chi connectivity index (χ3v) is 12.3. The second kappa shape index (κ2) is 66.5. The molecule has 1 atom stereocenters. The van der Waals surface area contributed by atoms with Crippen LogP contribution in [0.4, 0.5) is 0 Å². The lowest BCUT2D eigenvalue weighted by atomic mass is 10.1. The SMILES string of the molecule is CC/C=C\C/C=C\C/C=C\C/C=C\C/C=C\C/C=C\C/C=C\CCCCCCCCCCCC(=O)OCC(COC(=O)CC/C=C\C/C=C\C/C=C\C/C=C\CC)OC(=O)CC/C=C\C/C=C\C/C=C\C/C=C\C/C=C\C/C=C\CC. The Hall–Kier alpha value is -6.01. The average Bonchev–Trinajstić information content (AvgIpc) is 3.46. The molecule has 0 saturated carbocycles. The van der Waals surface area contributed by atoms with Gasteiger partial charge in [0, 0.05) is 19.3 Å². The number of rotatable bonds is 54. The van der Waals surface area contributed by atoms with Gasteiger partial charge in [0.25, 0.3) is 0 Å². The first-order valence-electron chi connectivity index (χ1n) is 31.6. The molecule has 0 rings (SSSR count). The Morgan fingerprint density at radius 1 is 0.247 bits per heavy atom. The zero-order valence-electron chi connectivity index (χ0n) is 51.2. The first kappa shape index (κ1) is 75.0. The highest BCUT2D eigenvalue weighted by Crippen LogP contribution is 2.13. The van der Waals surface area contributed by atoms with Gasteiger partial charge in [0.2, 0.25) is 0 Å². The molecule has 0 N–H and O–H groups in total. The molecule has 6 heteroatoms. The van der Waals surface area contributed by atoms with Gasteiger partial charge in [-0.1, -0.05) is 272 Å². The maximum Gasteiger partial charge on any atom is 0.306 e. The van der Waals surface area contributed by atoms with Crippen LogP contribution in [0.3, 0.4) is 0 Å². The van der Waals surface area contributed by atoms with E-state index in [2.05, 4.69) is 203 Å². The molecule has 0 aliphatic carbocycles. The molecule has 0 aromatic rings. The van der Waals surface area contributed by atoms with Crippen LogP contribution >= 0.6 is 0 Å². The van der Waals surface area contributed by atoms with Crippen LogP contribution in [0.1, 0.15) is 226 Å². The Morgan fingerprint density at radius 3 is 0.765 bits per heavy atom. The van der Waals surface area contributed by atoms with Crippen LogP contribution in [0.25, 0.3) is 0 Å². The quantitative estimate of drug-likeness (QED) is 0.0261. The van der Waals surface area contributed by atoms with E-state index in [9.17, 15) is 14.4 Å². The number of allylic oxidation sites excluding steroid dienone is 34. The Balaban J connectivity index is 4.46. The molecule has 0 aliphatic heterocycles. The molecular weight excluding hydrogens is 997 g/mol. The summed E-state index contributed by atoms with van der Waals surface area (Å²) in [5, 5.41) is 0. The maximum absolute atomic E-state index is 12.9. The summed E-state index contributed by atoms with van der Waals surface area (Å²) in [5.74, 6) is -1.13. The summed E-state index contributed by atoms with van der Waals surface area (Å²) in [6.45, 7) is 6.14. The van der Waals surface area contributed by atoms with Gasteiger partial charge in [0.15, 0.2) is 6.10 Å². The van der Waals surface area contributed by atoms with Crippen LogP contribution in [0.2, 0.25) is 0 Å². The lowest BCUT2D eigenvalue weighted by Gasteiger charge is -2.18. The number of hydrogen-bond donors (Lipinski definition) is 0. The summed E-state index contributed by atoms with van der Waals surface area (Å²) in [7, 11) is 0. The van der Waals surface area contributed by atoms with E-state index in [-0.39, 0.29) is 38.0 Å². The Labute approximate surface area is 496 Å². The minimum atomic E-state index is -0.863. The molecule has 0 spiro atoms. The first-order chi connectivity index (χ1) is 40.0. The van der Waals surface area contributed by atoms with Gasteiger partial charge in [-0.25, -0.2) is 0 Å². The van der Waals surface area contributed by atoms with E-state index < -0.39 is 12.1 Å². The van der Waals surface area contributed by atoms with Gasteiger partial charge in [-0.05, 0) is 141 Å². The van der Waals surface area contributed by atoms with Gasteiger partial charge in [-0.3, -0.25) is 14.4 Å². The van der Waals surface area contributed by atoms with Crippen molar-refractivity contribution < 1.29 is 28.6 Å². The van der Waals surface area contributed by atoms with Crippen molar-refractivity contribution in [2.24, 2.45) is 0 Å². The first-order valence-corrected chi connectivity index (χ1v) is 31.6. The fourth-order valence-electron chi connectivity index (χ4n) is 7.70. The summed E-state index contributed by atoms with van der Waals surface area (Å²) >= 11 is 0. The fourth-order valence-corrected chi connectivity index (χ4v) is 7.70. The summed E-state index contributed by atoms with van der Waals surface area (Å²) < 4.78 is 16.7. The highest BCUT2D eigenvalue weighted by molar-refractivity contribution is 5.71. The van der Waals surface area contributed by atoms with E-state index in [0.29, 0.717) is 19.3 Å². The Bertz CT molecular complexity index is 2000. The third kappa shape index (κ3) is 64.7. The van der Waals surface area contributed by atoms with Crippen molar-refractivity contribution in [3.8, 4) is 0 Å². The van der Waals surface area contributed by atoms with E-state index in [1.807, 2.05) is 24.3 Å². The standard InChI is InChI=1S/C75H112O6/c1-4-7-10-13-16-19-22-25-27-29-31-32-33-34-35-36-37-38-39-40-41-42-44-45-47-50-53-56-59-62-65-68-74(77)80-71-72(70-79-73(76)67-64-61-58-55-52-49-24-21-18-15-12-9-6-3)81-75(78)69-66-63-60-57-54-51-48-46-43-30-28-26-23-20-17-14-11-8-5-2/h7-12,16-21,25-28,31-32,34-35,37-38,40-41,43,46,49,51-52,54,58,60-61,63,72H,4-6,13-15,22-24,29-30,33,36,39,42,44-45,47-48,50,53,55-57,59,62,64-71H2,1-3H3/b10-7-,11-8-,12-9-,19-16-,20-17-,21-18-,27-25-,28-26-,32-31-,35-34-,38-37-,41-40-,46-43-,52-49-,54-51-,61-58-,63-60-. The lowest BCUT2D eigenvalue weighted by Crippen LogP contribution is -2.30. The monoisotopic (exact) mass is 1110 g/mol. The van der Waals surface area contributed by atoms with Crippen molar-refractivity contribution in [3.63, 3.8) is 0 Å². The molecular formula is C75H112O6. The van der Waals surface area contributed by atoms with Crippen LogP contribution in [-0.4, -0.2) is 37.2 Å². The van der Waals surface area contributed by atoms with E-state index in [0.717, 1.165) is 135 Å². The predicted octanol–water partition coefficient (Wildman–Crippen LogP) is 22.0. The maximum atomic E-state index is 12.9. The molecule has 0 amide bonds. The summed E-state index contributed by atoms with van der Waals surface area (Å²) in [6, 6.07) is 0. The summed E-state index contributed by atoms with van der Waals surface area (Å²) in [6.07, 6.45) is 103. The summed E-state index contributed by atoms with van der Waals surface area (Å²) in [4.78, 5) is 38.2. The van der Waals surface area contributed by atoms with Gasteiger partial charge in [-0.15, -0.1) is 0 Å². The molecule has 81 heavy (non-hydrogen) atoms. The van der Waals surface area contributed by atoms with Crippen LogP contribution in [0.5, 0.6) is 0 Å². The molecule has 0 radical (unpaired) electrons. The molecule has 0 aromatic heterocycles. The molecule has 6 nitrogen and oxygen atoms in total. The zero-order chi connectivity index (χ0) is 58.5. The van der Waals surface area contributed by atoms with E-state index >= 15 is 0 Å². The van der Waals surface area contributed by atoms with Crippen molar-refractivity contribution in [1.82, 2.24) is 0 Å². The zero-order valence-corrected chi connectivity index (χ0v) is 51.2. The van der Waals surface area contributed by atoms with Crippen molar-refractivity contribution >= 4 is 17.9 Å². The van der Waals surface area contributed by atoms with E-state index in [4.69, 9.17) is 14.2 Å². The van der Waals surface area contributed by atoms with Crippen LogP contribution in [0.15, 0.2) is 207 Å². The molecule has 448 valence electrons. The average molecular weight is 1110 g/mol. The molecule has 1 unspecified atom stereocenters. The molecule has 0 saturated heterocycles. The van der Waals surface area contributed by atoms with Crippen molar-refractivity contribution in [2.45, 2.75) is 232 Å².